The lowest BCUT2D eigenvalue weighted by molar-refractivity contribution is -0.139. The molecule has 4 aromatic rings. The summed E-state index contributed by atoms with van der Waals surface area (Å²) in [4.78, 5) is 37.9. The van der Waals surface area contributed by atoms with Crippen molar-refractivity contribution in [1.29, 1.82) is 0 Å². The van der Waals surface area contributed by atoms with Crippen LogP contribution in [0.3, 0.4) is 0 Å². The van der Waals surface area contributed by atoms with Crippen LogP contribution in [-0.4, -0.2) is 31.0 Å². The Hall–Kier alpha value is -4.12. The number of hydrogen-bond acceptors (Lipinski definition) is 6. The zero-order valence-electron chi connectivity index (χ0n) is 23.5. The molecular formula is C32H31F3N6O2. The molecule has 222 valence electrons. The van der Waals surface area contributed by atoms with Crippen LogP contribution in [-0.2, 0) is 35.9 Å². The fourth-order valence-corrected chi connectivity index (χ4v) is 6.66. The second kappa shape index (κ2) is 10.3. The average molecular weight is 589 g/mol. The number of aromatic nitrogens is 4. The minimum Gasteiger partial charge on any atom is -0.327 e. The van der Waals surface area contributed by atoms with Crippen LogP contribution in [0.2, 0.25) is 0 Å². The summed E-state index contributed by atoms with van der Waals surface area (Å²) >= 11 is 0. The predicted molar refractivity (Wildman–Crippen MR) is 153 cm³/mol. The largest absolute Gasteiger partial charge is 0.417 e. The number of nitrogens with one attached hydrogen (secondary N) is 1. The number of carbonyl (C=O) groups excluding carboxylic acids is 1. The first-order chi connectivity index (χ1) is 20.7. The van der Waals surface area contributed by atoms with Crippen LogP contribution in [0.15, 0.2) is 53.6 Å². The van der Waals surface area contributed by atoms with E-state index >= 15 is 0 Å². The molecule has 3 aliphatic carbocycles. The molecule has 11 heteroatoms. The molecule has 0 bridgehead atoms. The topological polar surface area (TPSA) is 118 Å². The molecule has 0 aliphatic heterocycles. The molecule has 3 N–H and O–H groups in total. The van der Waals surface area contributed by atoms with Gasteiger partial charge in [-0.2, -0.15) is 18.3 Å². The standard InChI is InChI=1S/C32H31F3N6O2/c33-32(34,35)20-6-8-21(38-16-20)17-41(27-3-1-2-23-22(18-4-5-18)10-13-37-28(23)27)30(43)31(11-12-31)19-7-9-24-25(14-19)26(15-36)39-40-29(24)42/h6-10,13-14,16,18,27H,1-5,11-12,15,17,36H2,(H,40,42). The third kappa shape index (κ3) is 4.89. The van der Waals surface area contributed by atoms with E-state index in [-0.39, 0.29) is 30.6 Å². The number of hydrogen-bond donors (Lipinski definition) is 2. The highest BCUT2D eigenvalue weighted by atomic mass is 19.4. The number of fused-ring (bicyclic) bond motifs is 2. The lowest BCUT2D eigenvalue weighted by atomic mass is 9.85. The number of halogens is 3. The monoisotopic (exact) mass is 588 g/mol. The van der Waals surface area contributed by atoms with E-state index in [0.29, 0.717) is 47.3 Å². The Morgan fingerprint density at radius 3 is 2.56 bits per heavy atom. The van der Waals surface area contributed by atoms with E-state index in [1.807, 2.05) is 18.3 Å². The molecule has 3 heterocycles. The van der Waals surface area contributed by atoms with Crippen LogP contribution in [0.5, 0.6) is 0 Å². The van der Waals surface area contributed by atoms with E-state index in [1.54, 1.807) is 11.0 Å². The maximum atomic E-state index is 14.7. The lowest BCUT2D eigenvalue weighted by Crippen LogP contribution is -2.43. The molecule has 7 rings (SSSR count). The number of nitrogens with zero attached hydrogens (tertiary/aromatic N) is 4. The summed E-state index contributed by atoms with van der Waals surface area (Å²) in [5.41, 5.74) is 8.98. The minimum atomic E-state index is -4.50. The minimum absolute atomic E-state index is 0.0566. The van der Waals surface area contributed by atoms with Gasteiger partial charge in [0, 0.05) is 24.3 Å². The second-order valence-electron chi connectivity index (χ2n) is 12.0. The van der Waals surface area contributed by atoms with Crippen LogP contribution in [0, 0.1) is 0 Å². The SMILES string of the molecule is NCc1n[nH]c(=O)c2ccc(C3(C(=O)N(Cc4ccc(C(F)(F)F)cn4)C4CCCc5c(C6CC6)ccnc54)CC3)cc12. The molecule has 2 saturated carbocycles. The van der Waals surface area contributed by atoms with Gasteiger partial charge in [0.1, 0.15) is 0 Å². The number of rotatable bonds is 7. The summed E-state index contributed by atoms with van der Waals surface area (Å²) in [6, 6.07) is 9.48. The van der Waals surface area contributed by atoms with Gasteiger partial charge in [-0.25, -0.2) is 5.10 Å². The molecule has 8 nitrogen and oxygen atoms in total. The van der Waals surface area contributed by atoms with Gasteiger partial charge >= 0.3 is 6.18 Å². The Bertz CT molecular complexity index is 1780. The van der Waals surface area contributed by atoms with E-state index in [4.69, 9.17) is 10.7 Å². The van der Waals surface area contributed by atoms with Gasteiger partial charge in [-0.05, 0) is 97.9 Å². The second-order valence-corrected chi connectivity index (χ2v) is 12.0. The molecule has 3 aromatic heterocycles. The number of H-pyrrole nitrogens is 1. The number of aromatic amines is 1. The van der Waals surface area contributed by atoms with Gasteiger partial charge in [-0.15, -0.1) is 0 Å². The highest BCUT2D eigenvalue weighted by Gasteiger charge is 2.54. The zero-order chi connectivity index (χ0) is 29.9. The Labute approximate surface area is 245 Å². The fourth-order valence-electron chi connectivity index (χ4n) is 6.66. The third-order valence-corrected chi connectivity index (χ3v) is 9.26. The number of nitrogens with two attached hydrogens (primary N) is 1. The first-order valence-electron chi connectivity index (χ1n) is 14.7. The van der Waals surface area contributed by atoms with Gasteiger partial charge in [0.05, 0.1) is 46.0 Å². The van der Waals surface area contributed by atoms with Crippen LogP contribution < -0.4 is 11.3 Å². The molecule has 1 atom stereocenters. The van der Waals surface area contributed by atoms with Gasteiger partial charge in [0.15, 0.2) is 0 Å². The third-order valence-electron chi connectivity index (χ3n) is 9.26. The van der Waals surface area contributed by atoms with Gasteiger partial charge < -0.3 is 10.6 Å². The smallest absolute Gasteiger partial charge is 0.327 e. The fraction of sp³-hybridized carbons (Fsp3) is 0.406. The molecule has 43 heavy (non-hydrogen) atoms. The summed E-state index contributed by atoms with van der Waals surface area (Å²) in [7, 11) is 0. The Morgan fingerprint density at radius 2 is 1.88 bits per heavy atom. The van der Waals surface area contributed by atoms with Crippen LogP contribution in [0.25, 0.3) is 10.8 Å². The summed E-state index contributed by atoms with van der Waals surface area (Å²) < 4.78 is 39.8. The zero-order valence-corrected chi connectivity index (χ0v) is 23.5. The van der Waals surface area contributed by atoms with Crippen LogP contribution in [0.1, 0.15) is 89.8 Å². The first-order valence-corrected chi connectivity index (χ1v) is 14.7. The molecule has 1 aromatic carbocycles. The Kier molecular flexibility index (Phi) is 6.61. The maximum Gasteiger partial charge on any atom is 0.417 e. The van der Waals surface area contributed by atoms with E-state index in [2.05, 4.69) is 21.2 Å². The quantitative estimate of drug-likeness (QED) is 0.306. The van der Waals surface area contributed by atoms with Gasteiger partial charge in [0.2, 0.25) is 5.91 Å². The summed E-state index contributed by atoms with van der Waals surface area (Å²) in [5, 5.41) is 7.63. The van der Waals surface area contributed by atoms with E-state index < -0.39 is 17.2 Å². The summed E-state index contributed by atoms with van der Waals surface area (Å²) in [5.74, 6) is 0.411. The Balaban J connectivity index is 1.30. The van der Waals surface area contributed by atoms with Gasteiger partial charge in [-0.3, -0.25) is 19.6 Å². The van der Waals surface area contributed by atoms with Crippen molar-refractivity contribution in [3.05, 3.63) is 98.5 Å². The number of alkyl halides is 3. The normalized spacial score (nSPS) is 19.2. The van der Waals surface area contributed by atoms with Gasteiger partial charge in [0.25, 0.3) is 5.56 Å². The molecule has 1 unspecified atom stereocenters. The lowest BCUT2D eigenvalue weighted by Gasteiger charge is -2.38. The van der Waals surface area contributed by atoms with Crippen molar-refractivity contribution in [2.24, 2.45) is 5.73 Å². The first kappa shape index (κ1) is 27.7. The molecule has 3 aliphatic rings. The highest BCUT2D eigenvalue weighted by molar-refractivity contribution is 5.94. The number of benzene rings is 1. The van der Waals surface area contributed by atoms with Crippen molar-refractivity contribution in [3.63, 3.8) is 0 Å². The predicted octanol–water partition coefficient (Wildman–Crippen LogP) is 5.21. The maximum absolute atomic E-state index is 14.7. The van der Waals surface area contributed by atoms with Crippen molar-refractivity contribution >= 4 is 16.7 Å². The summed E-state index contributed by atoms with van der Waals surface area (Å²) in [6.07, 6.45) is 4.13. The average Bonchev–Trinajstić information content (AvgIpc) is 3.94. The van der Waals surface area contributed by atoms with E-state index in [0.717, 1.165) is 49.2 Å². The number of amides is 1. The number of pyridine rings is 2. The van der Waals surface area contributed by atoms with Crippen LogP contribution in [0.4, 0.5) is 13.2 Å². The van der Waals surface area contributed by atoms with Gasteiger partial charge in [-0.1, -0.05) is 6.07 Å². The Morgan fingerprint density at radius 1 is 1.07 bits per heavy atom. The number of carbonyl (C=O) groups is 1. The highest BCUT2D eigenvalue weighted by Crippen LogP contribution is 2.52. The van der Waals surface area contributed by atoms with Crippen LogP contribution >= 0.6 is 0 Å². The summed E-state index contributed by atoms with van der Waals surface area (Å²) in [6.45, 7) is 0.179. The van der Waals surface area contributed by atoms with Crippen molar-refractivity contribution in [1.82, 2.24) is 25.1 Å². The van der Waals surface area contributed by atoms with E-state index in [9.17, 15) is 22.8 Å². The molecular weight excluding hydrogens is 557 g/mol. The molecule has 0 saturated heterocycles. The van der Waals surface area contributed by atoms with Crippen molar-refractivity contribution in [2.75, 3.05) is 0 Å². The molecule has 0 radical (unpaired) electrons. The van der Waals surface area contributed by atoms with Crippen molar-refractivity contribution in [3.8, 4) is 0 Å². The van der Waals surface area contributed by atoms with Crippen molar-refractivity contribution in [2.45, 2.75) is 81.6 Å². The molecule has 1 amide bonds. The molecule has 2 fully saturated rings. The molecule has 0 spiro atoms. The van der Waals surface area contributed by atoms with Crippen molar-refractivity contribution < 1.29 is 18.0 Å². The van der Waals surface area contributed by atoms with E-state index in [1.165, 1.54) is 17.2 Å².